The predicted octanol–water partition coefficient (Wildman–Crippen LogP) is 3.50. The van der Waals surface area contributed by atoms with Gasteiger partial charge in [-0.25, -0.2) is 8.42 Å². The zero-order valence-electron chi connectivity index (χ0n) is 16.2. The smallest absolute Gasteiger partial charge is 0.274 e. The first-order valence-electron chi connectivity index (χ1n) is 9.62. The minimum atomic E-state index is -4.17. The summed E-state index contributed by atoms with van der Waals surface area (Å²) in [6.45, 7) is 0.129. The number of carbonyl (C=O) groups excluding carboxylic acids is 2. The molecule has 2 aliphatic heterocycles. The summed E-state index contributed by atoms with van der Waals surface area (Å²) in [5.74, 6) is -2.02. The molecule has 3 aromatic rings. The van der Waals surface area contributed by atoms with E-state index in [1.165, 1.54) is 4.90 Å². The number of hydrogen-bond donors (Lipinski definition) is 0. The van der Waals surface area contributed by atoms with Crippen LogP contribution in [0.4, 0.5) is 11.4 Å². The molecule has 1 spiro atoms. The molecule has 2 aliphatic rings. The van der Waals surface area contributed by atoms with Crippen LogP contribution in [0.15, 0.2) is 78.9 Å². The van der Waals surface area contributed by atoms with Crippen LogP contribution >= 0.6 is 11.6 Å². The Labute approximate surface area is 184 Å². The zero-order valence-corrected chi connectivity index (χ0v) is 17.8. The van der Waals surface area contributed by atoms with Crippen LogP contribution in [0.5, 0.6) is 0 Å². The van der Waals surface area contributed by atoms with Crippen LogP contribution in [0.1, 0.15) is 11.1 Å². The monoisotopic (exact) mass is 452 g/mol. The maximum absolute atomic E-state index is 13.9. The Morgan fingerprint density at radius 2 is 1.61 bits per heavy atom. The van der Waals surface area contributed by atoms with Crippen molar-refractivity contribution in [1.82, 2.24) is 0 Å². The van der Waals surface area contributed by atoms with Crippen molar-refractivity contribution in [3.63, 3.8) is 0 Å². The van der Waals surface area contributed by atoms with E-state index >= 15 is 0 Å². The summed E-state index contributed by atoms with van der Waals surface area (Å²) < 4.78 is 26.9. The third-order valence-electron chi connectivity index (χ3n) is 5.67. The van der Waals surface area contributed by atoms with E-state index in [0.717, 1.165) is 10.5 Å². The molecule has 31 heavy (non-hydrogen) atoms. The molecule has 0 bridgehead atoms. The van der Waals surface area contributed by atoms with E-state index in [0.29, 0.717) is 16.4 Å². The molecule has 0 saturated carbocycles. The van der Waals surface area contributed by atoms with E-state index in [9.17, 15) is 18.0 Å². The van der Waals surface area contributed by atoms with Gasteiger partial charge in [0, 0.05) is 16.3 Å². The second-order valence-corrected chi connectivity index (χ2v) is 10.1. The highest BCUT2D eigenvalue weighted by atomic mass is 35.5. The van der Waals surface area contributed by atoms with Crippen molar-refractivity contribution < 1.29 is 18.0 Å². The molecule has 1 saturated heterocycles. The minimum Gasteiger partial charge on any atom is -0.304 e. The van der Waals surface area contributed by atoms with Gasteiger partial charge in [0.1, 0.15) is 5.75 Å². The third kappa shape index (κ3) is 2.73. The molecule has 156 valence electrons. The van der Waals surface area contributed by atoms with Crippen molar-refractivity contribution in [2.75, 3.05) is 15.6 Å². The quantitative estimate of drug-likeness (QED) is 0.609. The Morgan fingerprint density at radius 3 is 2.35 bits per heavy atom. The Balaban J connectivity index is 1.74. The Kier molecular flexibility index (Phi) is 4.42. The first-order valence-corrected chi connectivity index (χ1v) is 11.7. The lowest BCUT2D eigenvalue weighted by Gasteiger charge is -2.32. The molecular weight excluding hydrogens is 436 g/mol. The molecule has 0 aliphatic carbocycles. The Morgan fingerprint density at radius 1 is 0.903 bits per heavy atom. The molecule has 2 heterocycles. The second-order valence-electron chi connectivity index (χ2n) is 7.51. The van der Waals surface area contributed by atoms with Gasteiger partial charge in [-0.1, -0.05) is 60.1 Å². The molecule has 0 unspecified atom stereocenters. The summed E-state index contributed by atoms with van der Waals surface area (Å²) in [5, 5.41) is 0.515. The number of fused-ring (bicyclic) bond motifs is 2. The van der Waals surface area contributed by atoms with Crippen LogP contribution in [0.2, 0.25) is 5.02 Å². The number of anilines is 2. The molecule has 0 aromatic heterocycles. The number of para-hydroxylation sites is 2. The second kappa shape index (κ2) is 6.93. The summed E-state index contributed by atoms with van der Waals surface area (Å²) >= 11 is 6.10. The van der Waals surface area contributed by atoms with Gasteiger partial charge < -0.3 is 4.90 Å². The van der Waals surface area contributed by atoms with E-state index in [4.69, 9.17) is 11.6 Å². The minimum absolute atomic E-state index is 0.129. The van der Waals surface area contributed by atoms with Crippen molar-refractivity contribution in [2.45, 2.75) is 11.4 Å². The van der Waals surface area contributed by atoms with E-state index < -0.39 is 32.3 Å². The van der Waals surface area contributed by atoms with Crippen molar-refractivity contribution in [1.29, 1.82) is 0 Å². The lowest BCUT2D eigenvalue weighted by molar-refractivity contribution is -0.123. The number of halogens is 1. The van der Waals surface area contributed by atoms with E-state index in [2.05, 4.69) is 0 Å². The third-order valence-corrected chi connectivity index (χ3v) is 8.01. The van der Waals surface area contributed by atoms with Gasteiger partial charge in [-0.05, 0) is 35.9 Å². The lowest BCUT2D eigenvalue weighted by Crippen LogP contribution is -2.54. The van der Waals surface area contributed by atoms with Gasteiger partial charge in [0.05, 0.1) is 12.2 Å². The molecular formula is C23H17ClN2O4S. The fourth-order valence-electron chi connectivity index (χ4n) is 4.44. The summed E-state index contributed by atoms with van der Waals surface area (Å²) in [7, 11) is -4.17. The van der Waals surface area contributed by atoms with Gasteiger partial charge in [-0.2, -0.15) is 0 Å². The van der Waals surface area contributed by atoms with Crippen molar-refractivity contribution >= 4 is 44.6 Å². The molecule has 1 atom stereocenters. The maximum atomic E-state index is 13.9. The maximum Gasteiger partial charge on any atom is 0.274 e. The summed E-state index contributed by atoms with van der Waals surface area (Å²) in [5.41, 5.74) is 1.87. The molecule has 2 amide bonds. The number of hydrogen-bond acceptors (Lipinski definition) is 4. The van der Waals surface area contributed by atoms with Gasteiger partial charge in [0.25, 0.3) is 10.8 Å². The fraction of sp³-hybridized carbons (Fsp3) is 0.130. The average molecular weight is 453 g/mol. The van der Waals surface area contributed by atoms with E-state index in [-0.39, 0.29) is 12.1 Å². The van der Waals surface area contributed by atoms with Crippen molar-refractivity contribution in [3.8, 4) is 0 Å². The van der Waals surface area contributed by atoms with E-state index in [1.807, 2.05) is 6.07 Å². The van der Waals surface area contributed by atoms with Gasteiger partial charge in [-0.15, -0.1) is 0 Å². The lowest BCUT2D eigenvalue weighted by atomic mass is 10.0. The zero-order chi connectivity index (χ0) is 21.8. The SMILES string of the molecule is O=C1CS(=O)(=O)[C@@]2(C(=O)N(Cc3cccc(Cl)c3)c3ccccc32)N1c1ccccc1. The first kappa shape index (κ1) is 19.8. The van der Waals surface area contributed by atoms with Crippen LogP contribution < -0.4 is 9.80 Å². The van der Waals surface area contributed by atoms with Crippen LogP contribution in [0, 0.1) is 0 Å². The Bertz CT molecular complexity index is 1330. The number of benzene rings is 3. The molecule has 3 aromatic carbocycles. The summed E-state index contributed by atoms with van der Waals surface area (Å²) in [4.78, 5) is 27.4. The molecule has 1 fully saturated rings. The van der Waals surface area contributed by atoms with Crippen LogP contribution in [-0.2, 0) is 30.8 Å². The summed E-state index contributed by atoms with van der Waals surface area (Å²) in [6.07, 6.45) is 0. The van der Waals surface area contributed by atoms with Gasteiger partial charge >= 0.3 is 0 Å². The number of nitrogens with zero attached hydrogens (tertiary/aromatic N) is 2. The molecule has 6 nitrogen and oxygen atoms in total. The average Bonchev–Trinajstić information content (AvgIpc) is 3.12. The molecule has 0 N–H and O–H groups in total. The van der Waals surface area contributed by atoms with Gasteiger partial charge in [0.15, 0.2) is 9.84 Å². The highest BCUT2D eigenvalue weighted by molar-refractivity contribution is 7.94. The predicted molar refractivity (Wildman–Crippen MR) is 118 cm³/mol. The highest BCUT2D eigenvalue weighted by Gasteiger charge is 2.69. The topological polar surface area (TPSA) is 74.8 Å². The van der Waals surface area contributed by atoms with E-state index in [1.54, 1.807) is 72.8 Å². The molecule has 0 radical (unpaired) electrons. The number of sulfone groups is 1. The first-order chi connectivity index (χ1) is 14.9. The fourth-order valence-corrected chi connectivity index (χ4v) is 6.69. The van der Waals surface area contributed by atoms with Gasteiger partial charge in [-0.3, -0.25) is 14.5 Å². The standard InChI is InChI=1S/C23H17ClN2O4S/c24-17-8-6-7-16(13-17)14-25-20-12-5-4-11-19(20)23(22(25)28)26(18-9-2-1-3-10-18)21(27)15-31(23,29)30/h1-13H,14-15H2/t23-/m0/s1. The largest absolute Gasteiger partial charge is 0.304 e. The van der Waals surface area contributed by atoms with Crippen LogP contribution in [0.3, 0.4) is 0 Å². The van der Waals surface area contributed by atoms with Crippen LogP contribution in [0.25, 0.3) is 0 Å². The van der Waals surface area contributed by atoms with Crippen molar-refractivity contribution in [2.24, 2.45) is 0 Å². The molecule has 8 heteroatoms. The number of amides is 2. The summed E-state index contributed by atoms with van der Waals surface area (Å²) in [6, 6.07) is 22.2. The van der Waals surface area contributed by atoms with Crippen LogP contribution in [-0.4, -0.2) is 26.0 Å². The number of carbonyl (C=O) groups is 2. The van der Waals surface area contributed by atoms with Crippen molar-refractivity contribution in [3.05, 3.63) is 95.0 Å². The molecule has 5 rings (SSSR count). The highest BCUT2D eigenvalue weighted by Crippen LogP contribution is 2.52. The van der Waals surface area contributed by atoms with Gasteiger partial charge in [0.2, 0.25) is 5.91 Å². The Hall–Kier alpha value is -3.16. The number of rotatable bonds is 3. The normalized spacial score (nSPS) is 21.7.